The van der Waals surface area contributed by atoms with Crippen LogP contribution in [-0.4, -0.2) is 49.7 Å². The lowest BCUT2D eigenvalue weighted by molar-refractivity contribution is -0.150. The first kappa shape index (κ1) is 19.2. The molecule has 0 spiro atoms. The molecule has 0 aliphatic rings. The zero-order valence-corrected chi connectivity index (χ0v) is 14.1. The Labute approximate surface area is 138 Å². The maximum atomic E-state index is 11.6. The van der Waals surface area contributed by atoms with E-state index in [1.54, 1.807) is 0 Å². The van der Waals surface area contributed by atoms with Crippen LogP contribution in [-0.2, 0) is 25.5 Å². The van der Waals surface area contributed by atoms with Gasteiger partial charge >= 0.3 is 11.9 Å². The van der Waals surface area contributed by atoms with Crippen LogP contribution in [0.25, 0.3) is 0 Å². The van der Waals surface area contributed by atoms with Crippen LogP contribution in [0.1, 0.15) is 32.3 Å². The van der Waals surface area contributed by atoms with Gasteiger partial charge in [-0.3, -0.25) is 9.59 Å². The van der Waals surface area contributed by atoms with E-state index in [9.17, 15) is 9.59 Å². The van der Waals surface area contributed by atoms with Crippen molar-refractivity contribution < 1.29 is 19.1 Å². The van der Waals surface area contributed by atoms with Crippen LogP contribution in [0, 0.1) is 0 Å². The van der Waals surface area contributed by atoms with Crippen LogP contribution in [0.2, 0.25) is 0 Å². The van der Waals surface area contributed by atoms with Crippen molar-refractivity contribution in [1.82, 2.24) is 4.90 Å². The molecule has 5 heteroatoms. The van der Waals surface area contributed by atoms with E-state index in [1.165, 1.54) is 0 Å². The second kappa shape index (κ2) is 11.7. The molecule has 0 aliphatic carbocycles. The molecule has 0 amide bonds. The fourth-order valence-corrected chi connectivity index (χ4v) is 2.10. The largest absolute Gasteiger partial charge is 0.465 e. The number of hydrogen-bond donors (Lipinski definition) is 0. The first-order chi connectivity index (χ1) is 11.2. The van der Waals surface area contributed by atoms with Crippen molar-refractivity contribution in [2.24, 2.45) is 0 Å². The summed E-state index contributed by atoms with van der Waals surface area (Å²) in [6.07, 6.45) is 0.822. The first-order valence-electron chi connectivity index (χ1n) is 8.23. The van der Waals surface area contributed by atoms with Gasteiger partial charge in [0.2, 0.25) is 0 Å². The Morgan fingerprint density at radius 1 is 0.913 bits per heavy atom. The van der Waals surface area contributed by atoms with Crippen LogP contribution < -0.4 is 0 Å². The molecular weight excluding hydrogens is 294 g/mol. The molecule has 1 aromatic carbocycles. The molecule has 1 aromatic rings. The van der Waals surface area contributed by atoms with Gasteiger partial charge < -0.3 is 14.4 Å². The number of carbonyl (C=O) groups is 2. The van der Waals surface area contributed by atoms with E-state index in [1.807, 2.05) is 30.3 Å². The molecule has 0 saturated heterocycles. The Kier molecular flexibility index (Phi) is 9.71. The number of hydrogen-bond acceptors (Lipinski definition) is 5. The van der Waals surface area contributed by atoms with Gasteiger partial charge in [0.15, 0.2) is 0 Å². The fourth-order valence-electron chi connectivity index (χ4n) is 2.10. The molecule has 5 nitrogen and oxygen atoms in total. The lowest BCUT2D eigenvalue weighted by Gasteiger charge is -2.17. The summed E-state index contributed by atoms with van der Waals surface area (Å²) in [5.74, 6) is -0.709. The third-order valence-electron chi connectivity index (χ3n) is 3.59. The van der Waals surface area contributed by atoms with E-state index in [-0.39, 0.29) is 24.8 Å². The number of ether oxygens (including phenoxy) is 2. The SMILES string of the molecule is CCN(CC)CCOC(=O)CCC(=O)OCCc1ccccc1. The molecule has 0 N–H and O–H groups in total. The monoisotopic (exact) mass is 321 g/mol. The number of nitrogens with zero attached hydrogens (tertiary/aromatic N) is 1. The second-order valence-corrected chi connectivity index (χ2v) is 5.20. The van der Waals surface area contributed by atoms with Crippen molar-refractivity contribution in [3.05, 3.63) is 35.9 Å². The molecule has 0 aliphatic heterocycles. The van der Waals surface area contributed by atoms with E-state index >= 15 is 0 Å². The van der Waals surface area contributed by atoms with Gasteiger partial charge in [-0.2, -0.15) is 0 Å². The number of likely N-dealkylation sites (N-methyl/N-ethyl adjacent to an activating group) is 1. The smallest absolute Gasteiger partial charge is 0.306 e. The highest BCUT2D eigenvalue weighted by Gasteiger charge is 2.09. The number of benzene rings is 1. The first-order valence-corrected chi connectivity index (χ1v) is 8.23. The molecule has 0 unspecified atom stereocenters. The van der Waals surface area contributed by atoms with E-state index < -0.39 is 0 Å². The van der Waals surface area contributed by atoms with Crippen molar-refractivity contribution in [2.75, 3.05) is 32.8 Å². The lowest BCUT2D eigenvalue weighted by atomic mass is 10.2. The van der Waals surface area contributed by atoms with E-state index in [4.69, 9.17) is 9.47 Å². The molecule has 0 atom stereocenters. The molecular formula is C18H27NO4. The summed E-state index contributed by atoms with van der Waals surface area (Å²) in [4.78, 5) is 25.3. The van der Waals surface area contributed by atoms with E-state index in [0.717, 1.165) is 25.2 Å². The zero-order valence-electron chi connectivity index (χ0n) is 14.1. The van der Waals surface area contributed by atoms with Crippen LogP contribution in [0.3, 0.4) is 0 Å². The quantitative estimate of drug-likeness (QED) is 0.586. The second-order valence-electron chi connectivity index (χ2n) is 5.20. The summed E-state index contributed by atoms with van der Waals surface area (Å²) in [5, 5.41) is 0. The third kappa shape index (κ3) is 8.98. The summed E-state index contributed by atoms with van der Waals surface area (Å²) in [5.41, 5.74) is 1.12. The number of carbonyl (C=O) groups excluding carboxylic acids is 2. The molecule has 1 rings (SSSR count). The standard InChI is InChI=1S/C18H27NO4/c1-3-19(4-2)13-15-23-18(21)11-10-17(20)22-14-12-16-8-6-5-7-9-16/h5-9H,3-4,10-15H2,1-2H3. The summed E-state index contributed by atoms with van der Waals surface area (Å²) < 4.78 is 10.2. The highest BCUT2D eigenvalue weighted by atomic mass is 16.5. The Morgan fingerprint density at radius 2 is 1.48 bits per heavy atom. The minimum Gasteiger partial charge on any atom is -0.465 e. The van der Waals surface area contributed by atoms with Gasteiger partial charge in [0.1, 0.15) is 6.61 Å². The summed E-state index contributed by atoms with van der Waals surface area (Å²) in [6, 6.07) is 9.82. The number of esters is 2. The molecule has 0 fully saturated rings. The van der Waals surface area contributed by atoms with Gasteiger partial charge in [-0.1, -0.05) is 44.2 Å². The van der Waals surface area contributed by atoms with Crippen molar-refractivity contribution in [1.29, 1.82) is 0 Å². The minimum atomic E-state index is -0.360. The van der Waals surface area contributed by atoms with Crippen LogP contribution in [0.15, 0.2) is 30.3 Å². The van der Waals surface area contributed by atoms with Gasteiger partial charge in [-0.05, 0) is 18.7 Å². The maximum absolute atomic E-state index is 11.6. The van der Waals surface area contributed by atoms with Crippen LogP contribution in [0.4, 0.5) is 0 Å². The Hall–Kier alpha value is -1.88. The Bertz CT molecular complexity index is 457. The summed E-state index contributed by atoms with van der Waals surface area (Å²) in [7, 11) is 0. The normalized spacial score (nSPS) is 10.6. The van der Waals surface area contributed by atoms with Gasteiger partial charge in [0, 0.05) is 13.0 Å². The molecule has 0 saturated carbocycles. The van der Waals surface area contributed by atoms with Crippen LogP contribution >= 0.6 is 0 Å². The lowest BCUT2D eigenvalue weighted by Crippen LogP contribution is -2.28. The molecule has 0 heterocycles. The molecule has 23 heavy (non-hydrogen) atoms. The predicted octanol–water partition coefficient (Wildman–Crippen LogP) is 2.44. The maximum Gasteiger partial charge on any atom is 0.306 e. The van der Waals surface area contributed by atoms with Gasteiger partial charge in [0.05, 0.1) is 19.4 Å². The Morgan fingerprint density at radius 3 is 2.04 bits per heavy atom. The van der Waals surface area contributed by atoms with Gasteiger partial charge in [-0.15, -0.1) is 0 Å². The van der Waals surface area contributed by atoms with Crippen molar-refractivity contribution in [3.8, 4) is 0 Å². The van der Waals surface area contributed by atoms with Crippen molar-refractivity contribution in [2.45, 2.75) is 33.1 Å². The van der Waals surface area contributed by atoms with Gasteiger partial charge in [-0.25, -0.2) is 0 Å². The average molecular weight is 321 g/mol. The minimum absolute atomic E-state index is 0.0683. The average Bonchev–Trinajstić information content (AvgIpc) is 2.58. The Balaban J connectivity index is 2.07. The summed E-state index contributed by atoms with van der Waals surface area (Å²) in [6.45, 7) is 7.42. The fraction of sp³-hybridized carbons (Fsp3) is 0.556. The summed E-state index contributed by atoms with van der Waals surface area (Å²) >= 11 is 0. The zero-order chi connectivity index (χ0) is 16.9. The predicted molar refractivity (Wildman–Crippen MR) is 89.1 cm³/mol. The van der Waals surface area contributed by atoms with Crippen LogP contribution in [0.5, 0.6) is 0 Å². The molecule has 128 valence electrons. The van der Waals surface area contributed by atoms with Crippen molar-refractivity contribution in [3.63, 3.8) is 0 Å². The number of rotatable bonds is 11. The highest BCUT2D eigenvalue weighted by molar-refractivity contribution is 5.77. The molecule has 0 bridgehead atoms. The van der Waals surface area contributed by atoms with E-state index in [0.29, 0.717) is 19.6 Å². The topological polar surface area (TPSA) is 55.8 Å². The van der Waals surface area contributed by atoms with E-state index in [2.05, 4.69) is 18.7 Å². The molecule has 0 aromatic heterocycles. The third-order valence-corrected chi connectivity index (χ3v) is 3.59. The van der Waals surface area contributed by atoms with Gasteiger partial charge in [0.25, 0.3) is 0 Å². The van der Waals surface area contributed by atoms with Crippen molar-refractivity contribution >= 4 is 11.9 Å². The molecule has 0 radical (unpaired) electrons. The highest BCUT2D eigenvalue weighted by Crippen LogP contribution is 2.01.